The van der Waals surface area contributed by atoms with Crippen LogP contribution in [0.1, 0.15) is 16.7 Å². The second-order valence-corrected chi connectivity index (χ2v) is 7.06. The van der Waals surface area contributed by atoms with Crippen LogP contribution in [0.25, 0.3) is 0 Å². The van der Waals surface area contributed by atoms with Gasteiger partial charge < -0.3 is 9.84 Å². The fraction of sp³-hybridized carbons (Fsp3) is 0.250. The lowest BCUT2D eigenvalue weighted by molar-refractivity contribution is 0.0628. The van der Waals surface area contributed by atoms with E-state index in [9.17, 15) is 9.50 Å². The van der Waals surface area contributed by atoms with Crippen molar-refractivity contribution in [3.63, 3.8) is 0 Å². The standard InChI is InChI=1S/C24H26FNO2/c1-19-7-9-20(10-8-19)15-26(16-21-11-13-22(25)14-12-21)17-23(27)18-28-24-5-3-2-4-6-24/h2-14,23,27H,15-18H2,1H3/t23-/m1/s1. The third kappa shape index (κ3) is 6.48. The summed E-state index contributed by atoms with van der Waals surface area (Å²) in [5.41, 5.74) is 3.39. The first-order valence-electron chi connectivity index (χ1n) is 9.47. The van der Waals surface area contributed by atoms with Crippen LogP contribution in [-0.2, 0) is 13.1 Å². The normalized spacial score (nSPS) is 12.1. The zero-order valence-electron chi connectivity index (χ0n) is 16.1. The highest BCUT2D eigenvalue weighted by atomic mass is 19.1. The molecular weight excluding hydrogens is 353 g/mol. The number of benzene rings is 3. The second kappa shape index (κ2) is 10.0. The molecule has 3 nitrogen and oxygen atoms in total. The number of aliphatic hydroxyl groups excluding tert-OH is 1. The number of para-hydroxylation sites is 1. The smallest absolute Gasteiger partial charge is 0.123 e. The molecule has 0 aliphatic rings. The molecule has 0 amide bonds. The Labute approximate surface area is 166 Å². The van der Waals surface area contributed by atoms with Gasteiger partial charge in [-0.2, -0.15) is 0 Å². The van der Waals surface area contributed by atoms with E-state index in [1.165, 1.54) is 23.3 Å². The molecule has 0 radical (unpaired) electrons. The minimum absolute atomic E-state index is 0.220. The van der Waals surface area contributed by atoms with Crippen molar-refractivity contribution in [2.24, 2.45) is 0 Å². The number of aliphatic hydroxyl groups is 1. The molecule has 0 fully saturated rings. The van der Waals surface area contributed by atoms with Gasteiger partial charge in [-0.25, -0.2) is 4.39 Å². The van der Waals surface area contributed by atoms with Crippen LogP contribution in [0.5, 0.6) is 5.75 Å². The van der Waals surface area contributed by atoms with Crippen molar-refractivity contribution in [3.8, 4) is 5.75 Å². The molecule has 1 atom stereocenters. The molecule has 0 bridgehead atoms. The van der Waals surface area contributed by atoms with E-state index in [0.717, 1.165) is 11.3 Å². The molecule has 3 rings (SSSR count). The minimum atomic E-state index is -0.633. The number of aryl methyl sites for hydroxylation is 1. The van der Waals surface area contributed by atoms with Crippen molar-refractivity contribution < 1.29 is 14.2 Å². The molecule has 0 aliphatic carbocycles. The van der Waals surface area contributed by atoms with E-state index in [1.807, 2.05) is 30.3 Å². The van der Waals surface area contributed by atoms with Crippen LogP contribution in [0.2, 0.25) is 0 Å². The van der Waals surface area contributed by atoms with Gasteiger partial charge in [-0.15, -0.1) is 0 Å². The van der Waals surface area contributed by atoms with E-state index in [1.54, 1.807) is 12.1 Å². The van der Waals surface area contributed by atoms with Crippen molar-refractivity contribution in [1.82, 2.24) is 4.90 Å². The number of halogens is 1. The van der Waals surface area contributed by atoms with Gasteiger partial charge in [-0.1, -0.05) is 60.2 Å². The van der Waals surface area contributed by atoms with E-state index in [2.05, 4.69) is 36.1 Å². The first-order chi connectivity index (χ1) is 13.6. The highest BCUT2D eigenvalue weighted by molar-refractivity contribution is 5.22. The molecule has 0 saturated heterocycles. The van der Waals surface area contributed by atoms with Crippen LogP contribution in [0.15, 0.2) is 78.9 Å². The van der Waals surface area contributed by atoms with E-state index < -0.39 is 6.10 Å². The first kappa shape index (κ1) is 20.1. The molecule has 3 aromatic carbocycles. The Morgan fingerprint density at radius 2 is 1.43 bits per heavy atom. The molecule has 3 aromatic rings. The van der Waals surface area contributed by atoms with Gasteiger partial charge in [0.1, 0.15) is 24.3 Å². The summed E-state index contributed by atoms with van der Waals surface area (Å²) in [6, 6.07) is 24.3. The highest BCUT2D eigenvalue weighted by Gasteiger charge is 2.14. The van der Waals surface area contributed by atoms with Crippen LogP contribution < -0.4 is 4.74 Å². The second-order valence-electron chi connectivity index (χ2n) is 7.06. The zero-order chi connectivity index (χ0) is 19.8. The lowest BCUT2D eigenvalue weighted by Crippen LogP contribution is -2.35. The van der Waals surface area contributed by atoms with E-state index in [4.69, 9.17) is 4.74 Å². The Kier molecular flexibility index (Phi) is 7.18. The number of ether oxygens (including phenoxy) is 1. The molecule has 146 valence electrons. The predicted molar refractivity (Wildman–Crippen MR) is 110 cm³/mol. The predicted octanol–water partition coefficient (Wildman–Crippen LogP) is 4.58. The molecule has 0 heterocycles. The quantitative estimate of drug-likeness (QED) is 0.591. The highest BCUT2D eigenvalue weighted by Crippen LogP contribution is 2.14. The maximum atomic E-state index is 13.2. The van der Waals surface area contributed by atoms with Crippen molar-refractivity contribution in [3.05, 3.63) is 101 Å². The molecule has 0 unspecified atom stereocenters. The topological polar surface area (TPSA) is 32.7 Å². The maximum absolute atomic E-state index is 13.2. The monoisotopic (exact) mass is 379 g/mol. The molecule has 28 heavy (non-hydrogen) atoms. The summed E-state index contributed by atoms with van der Waals surface area (Å²) < 4.78 is 18.9. The Balaban J connectivity index is 1.63. The summed E-state index contributed by atoms with van der Waals surface area (Å²) in [6.07, 6.45) is -0.633. The third-order valence-corrected chi connectivity index (χ3v) is 4.50. The molecule has 0 aromatic heterocycles. The largest absolute Gasteiger partial charge is 0.491 e. The summed E-state index contributed by atoms with van der Waals surface area (Å²) in [7, 11) is 0. The van der Waals surface area contributed by atoms with E-state index in [0.29, 0.717) is 19.6 Å². The van der Waals surface area contributed by atoms with E-state index >= 15 is 0 Å². The molecule has 0 aliphatic heterocycles. The Morgan fingerprint density at radius 1 is 0.857 bits per heavy atom. The third-order valence-electron chi connectivity index (χ3n) is 4.50. The average molecular weight is 379 g/mol. The summed E-state index contributed by atoms with van der Waals surface area (Å²) in [4.78, 5) is 2.15. The minimum Gasteiger partial charge on any atom is -0.491 e. The van der Waals surface area contributed by atoms with Crippen molar-refractivity contribution in [1.29, 1.82) is 0 Å². The van der Waals surface area contributed by atoms with Crippen LogP contribution in [0, 0.1) is 12.7 Å². The molecule has 0 saturated carbocycles. The SMILES string of the molecule is Cc1ccc(CN(Cc2ccc(F)cc2)C[C@@H](O)COc2ccccc2)cc1. The van der Waals surface area contributed by atoms with Gasteiger partial charge in [0.2, 0.25) is 0 Å². The Hall–Kier alpha value is -2.69. The summed E-state index contributed by atoms with van der Waals surface area (Å²) in [6.45, 7) is 4.05. The van der Waals surface area contributed by atoms with Crippen molar-refractivity contribution >= 4 is 0 Å². The van der Waals surface area contributed by atoms with Crippen LogP contribution in [-0.4, -0.2) is 29.3 Å². The number of rotatable bonds is 9. The van der Waals surface area contributed by atoms with Crippen LogP contribution >= 0.6 is 0 Å². The summed E-state index contributed by atoms with van der Waals surface area (Å²) in [5, 5.41) is 10.5. The van der Waals surface area contributed by atoms with Crippen LogP contribution in [0.4, 0.5) is 4.39 Å². The maximum Gasteiger partial charge on any atom is 0.123 e. The number of hydrogen-bond acceptors (Lipinski definition) is 3. The van der Waals surface area contributed by atoms with Crippen LogP contribution in [0.3, 0.4) is 0 Å². The zero-order valence-corrected chi connectivity index (χ0v) is 16.1. The Morgan fingerprint density at radius 3 is 2.04 bits per heavy atom. The van der Waals surface area contributed by atoms with Gasteiger partial charge in [0.15, 0.2) is 0 Å². The van der Waals surface area contributed by atoms with Crippen molar-refractivity contribution in [2.45, 2.75) is 26.1 Å². The fourth-order valence-corrected chi connectivity index (χ4v) is 3.04. The summed E-state index contributed by atoms with van der Waals surface area (Å²) in [5.74, 6) is 0.496. The molecular formula is C24H26FNO2. The average Bonchev–Trinajstić information content (AvgIpc) is 2.71. The van der Waals surface area contributed by atoms with Crippen molar-refractivity contribution in [2.75, 3.05) is 13.2 Å². The van der Waals surface area contributed by atoms with Gasteiger partial charge in [0, 0.05) is 19.6 Å². The van der Waals surface area contributed by atoms with E-state index in [-0.39, 0.29) is 12.4 Å². The molecule has 4 heteroatoms. The van der Waals surface area contributed by atoms with Gasteiger partial charge in [-0.05, 0) is 42.3 Å². The fourth-order valence-electron chi connectivity index (χ4n) is 3.04. The lowest BCUT2D eigenvalue weighted by Gasteiger charge is -2.25. The summed E-state index contributed by atoms with van der Waals surface area (Å²) >= 11 is 0. The van der Waals surface area contributed by atoms with Gasteiger partial charge in [0.05, 0.1) is 0 Å². The van der Waals surface area contributed by atoms with Gasteiger partial charge in [0.25, 0.3) is 0 Å². The number of hydrogen-bond donors (Lipinski definition) is 1. The molecule has 1 N–H and O–H groups in total. The Bertz CT molecular complexity index is 787. The first-order valence-corrected chi connectivity index (χ1v) is 9.47. The molecule has 0 spiro atoms. The lowest BCUT2D eigenvalue weighted by atomic mass is 10.1. The van der Waals surface area contributed by atoms with Gasteiger partial charge >= 0.3 is 0 Å². The number of nitrogens with zero attached hydrogens (tertiary/aromatic N) is 1. The van der Waals surface area contributed by atoms with Gasteiger partial charge in [-0.3, -0.25) is 4.90 Å².